The van der Waals surface area contributed by atoms with Crippen molar-refractivity contribution in [2.75, 3.05) is 13.2 Å². The first-order valence-corrected chi connectivity index (χ1v) is 10.4. The third-order valence-electron chi connectivity index (χ3n) is 4.87. The van der Waals surface area contributed by atoms with Crippen molar-refractivity contribution in [1.29, 1.82) is 0 Å². The Balaban J connectivity index is 1.36. The van der Waals surface area contributed by atoms with Crippen molar-refractivity contribution >= 4 is 5.96 Å². The molecule has 0 bridgehead atoms. The summed E-state index contributed by atoms with van der Waals surface area (Å²) in [7, 11) is 0. The number of para-hydroxylation sites is 3. The van der Waals surface area contributed by atoms with Gasteiger partial charge in [0.2, 0.25) is 5.88 Å². The van der Waals surface area contributed by atoms with Crippen LogP contribution in [0.25, 0.3) is 0 Å². The summed E-state index contributed by atoms with van der Waals surface area (Å²) in [4.78, 5) is 8.83. The molecule has 2 heterocycles. The lowest BCUT2D eigenvalue weighted by molar-refractivity contribution is 0.262. The molecule has 0 saturated carbocycles. The predicted octanol–water partition coefficient (Wildman–Crippen LogP) is 4.20. The highest BCUT2D eigenvalue weighted by Crippen LogP contribution is 2.32. The van der Waals surface area contributed by atoms with Gasteiger partial charge in [0.1, 0.15) is 5.75 Å². The van der Waals surface area contributed by atoms with Crippen LogP contribution < -0.4 is 25.3 Å². The average Bonchev–Trinajstić information content (AvgIpc) is 2.80. The number of aliphatic imine (C=N–C) groups is 1. The Bertz CT molecular complexity index is 1040. The van der Waals surface area contributed by atoms with E-state index < -0.39 is 0 Å². The lowest BCUT2D eigenvalue weighted by atomic mass is 10.0. The summed E-state index contributed by atoms with van der Waals surface area (Å²) < 4.78 is 17.1. The maximum Gasteiger partial charge on any atom is 0.219 e. The molecule has 0 fully saturated rings. The second kappa shape index (κ2) is 9.84. The highest BCUT2D eigenvalue weighted by atomic mass is 16.5. The number of aromatic nitrogens is 1. The number of rotatable bonds is 7. The third kappa shape index (κ3) is 5.25. The Morgan fingerprint density at radius 3 is 2.74 bits per heavy atom. The molecule has 0 spiro atoms. The molecule has 3 N–H and O–H groups in total. The van der Waals surface area contributed by atoms with Crippen LogP contribution in [0.3, 0.4) is 0 Å². The van der Waals surface area contributed by atoms with Crippen LogP contribution in [-0.4, -0.2) is 24.2 Å². The molecule has 0 amide bonds. The number of nitrogens with two attached hydrogens (primary N) is 1. The van der Waals surface area contributed by atoms with E-state index in [0.717, 1.165) is 23.3 Å². The molecule has 3 aromatic rings. The van der Waals surface area contributed by atoms with Crippen LogP contribution in [0.4, 0.5) is 0 Å². The van der Waals surface area contributed by atoms with E-state index in [1.807, 2.05) is 67.6 Å². The van der Waals surface area contributed by atoms with E-state index >= 15 is 0 Å². The van der Waals surface area contributed by atoms with Gasteiger partial charge in [-0.05, 0) is 30.7 Å². The van der Waals surface area contributed by atoms with Gasteiger partial charge in [0.25, 0.3) is 0 Å². The number of guanidine groups is 1. The van der Waals surface area contributed by atoms with Gasteiger partial charge in [-0.3, -0.25) is 0 Å². The Morgan fingerprint density at radius 1 is 1.13 bits per heavy atom. The van der Waals surface area contributed by atoms with E-state index in [1.165, 1.54) is 0 Å². The van der Waals surface area contributed by atoms with Gasteiger partial charge >= 0.3 is 0 Å². The minimum Gasteiger partial charge on any atom is -0.493 e. The second-order valence-corrected chi connectivity index (χ2v) is 7.06. The molecule has 0 radical (unpaired) electrons. The van der Waals surface area contributed by atoms with E-state index in [4.69, 9.17) is 19.9 Å². The highest BCUT2D eigenvalue weighted by Gasteiger charge is 2.21. The zero-order valence-corrected chi connectivity index (χ0v) is 17.5. The molecule has 31 heavy (non-hydrogen) atoms. The molecule has 1 atom stereocenters. The van der Waals surface area contributed by atoms with Crippen LogP contribution in [0.1, 0.15) is 30.5 Å². The van der Waals surface area contributed by atoms with E-state index in [1.54, 1.807) is 6.20 Å². The molecule has 1 aliphatic heterocycles. The fourth-order valence-corrected chi connectivity index (χ4v) is 3.38. The summed E-state index contributed by atoms with van der Waals surface area (Å²) >= 11 is 0. The van der Waals surface area contributed by atoms with Crippen molar-refractivity contribution in [2.45, 2.75) is 25.9 Å². The number of nitrogens with one attached hydrogen (secondary N) is 1. The first-order valence-electron chi connectivity index (χ1n) is 10.4. The van der Waals surface area contributed by atoms with Crippen LogP contribution in [-0.2, 0) is 6.54 Å². The van der Waals surface area contributed by atoms with E-state index in [0.29, 0.717) is 43.1 Å². The molecular formula is C24H26N4O3. The van der Waals surface area contributed by atoms with Gasteiger partial charge in [0, 0.05) is 24.2 Å². The smallest absolute Gasteiger partial charge is 0.219 e. The molecule has 0 saturated heterocycles. The molecule has 7 heteroatoms. The quantitative estimate of drug-likeness (QED) is 0.441. The lowest BCUT2D eigenvalue weighted by Gasteiger charge is -2.26. The molecule has 1 aromatic heterocycles. The number of benzene rings is 2. The standard InChI is InChI=1S/C24H26N4O3/c1-2-29-21-9-5-6-10-22(21)31-23-12-11-17(15-26-23)16-27-24(25)28-19-13-14-30-20-8-4-3-7-18(19)20/h3-12,15,19H,2,13-14,16H2,1H3,(H3,25,27,28). The molecule has 7 nitrogen and oxygen atoms in total. The van der Waals surface area contributed by atoms with E-state index in [9.17, 15) is 0 Å². The Morgan fingerprint density at radius 2 is 1.94 bits per heavy atom. The van der Waals surface area contributed by atoms with Crippen LogP contribution in [0.5, 0.6) is 23.1 Å². The molecule has 2 aromatic carbocycles. The van der Waals surface area contributed by atoms with Gasteiger partial charge in [-0.15, -0.1) is 0 Å². The minimum absolute atomic E-state index is 0.0907. The monoisotopic (exact) mass is 418 g/mol. The molecule has 4 rings (SSSR count). The maximum atomic E-state index is 6.13. The average molecular weight is 418 g/mol. The van der Waals surface area contributed by atoms with Crippen LogP contribution in [0, 0.1) is 0 Å². The summed E-state index contributed by atoms with van der Waals surface area (Å²) in [5.41, 5.74) is 8.16. The van der Waals surface area contributed by atoms with E-state index in [-0.39, 0.29) is 6.04 Å². The van der Waals surface area contributed by atoms with E-state index in [2.05, 4.69) is 15.3 Å². The summed E-state index contributed by atoms with van der Waals surface area (Å²) in [6, 6.07) is 19.3. The number of hydrogen-bond donors (Lipinski definition) is 2. The SMILES string of the molecule is CCOc1ccccc1Oc1ccc(CN=C(N)NC2CCOc3ccccc32)cn1. The summed E-state index contributed by atoms with van der Waals surface area (Å²) in [5.74, 6) is 3.10. The number of nitrogens with zero attached hydrogens (tertiary/aromatic N) is 2. The lowest BCUT2D eigenvalue weighted by Crippen LogP contribution is -2.37. The summed E-state index contributed by atoms with van der Waals surface area (Å²) in [6.45, 7) is 3.58. The number of hydrogen-bond acceptors (Lipinski definition) is 5. The summed E-state index contributed by atoms with van der Waals surface area (Å²) in [5, 5.41) is 3.30. The number of pyridine rings is 1. The Hall–Kier alpha value is -3.74. The third-order valence-corrected chi connectivity index (χ3v) is 4.87. The Labute approximate surface area is 181 Å². The fourth-order valence-electron chi connectivity index (χ4n) is 3.38. The van der Waals surface area contributed by atoms with Crippen molar-refractivity contribution in [3.8, 4) is 23.1 Å². The molecule has 1 unspecified atom stereocenters. The van der Waals surface area contributed by atoms with Crippen molar-refractivity contribution in [2.24, 2.45) is 10.7 Å². The maximum absolute atomic E-state index is 6.13. The second-order valence-electron chi connectivity index (χ2n) is 7.06. The highest BCUT2D eigenvalue weighted by molar-refractivity contribution is 5.78. The van der Waals surface area contributed by atoms with Crippen molar-refractivity contribution in [1.82, 2.24) is 10.3 Å². The van der Waals surface area contributed by atoms with Crippen LogP contribution in [0.15, 0.2) is 71.9 Å². The fraction of sp³-hybridized carbons (Fsp3) is 0.250. The zero-order chi connectivity index (χ0) is 21.5. The first kappa shape index (κ1) is 20.5. The molecular weight excluding hydrogens is 392 g/mol. The normalized spacial score (nSPS) is 15.5. The first-order chi connectivity index (χ1) is 15.2. The van der Waals surface area contributed by atoms with Gasteiger partial charge in [0.15, 0.2) is 17.5 Å². The van der Waals surface area contributed by atoms with Gasteiger partial charge in [-0.2, -0.15) is 0 Å². The van der Waals surface area contributed by atoms with Gasteiger partial charge < -0.3 is 25.3 Å². The van der Waals surface area contributed by atoms with Crippen molar-refractivity contribution in [3.05, 3.63) is 78.0 Å². The van der Waals surface area contributed by atoms with Crippen molar-refractivity contribution in [3.63, 3.8) is 0 Å². The minimum atomic E-state index is 0.0907. The molecule has 160 valence electrons. The van der Waals surface area contributed by atoms with Gasteiger partial charge in [-0.25, -0.2) is 9.98 Å². The van der Waals surface area contributed by atoms with Crippen LogP contribution >= 0.6 is 0 Å². The topological polar surface area (TPSA) is 91.0 Å². The zero-order valence-electron chi connectivity index (χ0n) is 17.5. The summed E-state index contributed by atoms with van der Waals surface area (Å²) in [6.07, 6.45) is 2.57. The largest absolute Gasteiger partial charge is 0.493 e. The molecule has 0 aliphatic carbocycles. The van der Waals surface area contributed by atoms with Crippen LogP contribution in [0.2, 0.25) is 0 Å². The predicted molar refractivity (Wildman–Crippen MR) is 120 cm³/mol. The Kier molecular flexibility index (Phi) is 6.52. The van der Waals surface area contributed by atoms with Gasteiger partial charge in [0.05, 0.1) is 25.8 Å². The van der Waals surface area contributed by atoms with Gasteiger partial charge in [-0.1, -0.05) is 36.4 Å². The molecule has 1 aliphatic rings. The van der Waals surface area contributed by atoms with Crippen molar-refractivity contribution < 1.29 is 14.2 Å². The number of fused-ring (bicyclic) bond motifs is 1. The number of ether oxygens (including phenoxy) is 3.